The van der Waals surface area contributed by atoms with Crippen molar-refractivity contribution in [2.75, 3.05) is 20.2 Å². The van der Waals surface area contributed by atoms with E-state index in [1.165, 1.54) is 17.0 Å². The van der Waals surface area contributed by atoms with Crippen molar-refractivity contribution >= 4 is 17.5 Å². The smallest absolute Gasteiger partial charge is 0.256 e. The molecule has 0 radical (unpaired) electrons. The van der Waals surface area contributed by atoms with Gasteiger partial charge >= 0.3 is 0 Å². The third kappa shape index (κ3) is 4.20. The van der Waals surface area contributed by atoms with Crippen LogP contribution >= 0.6 is 11.6 Å². The molecule has 3 nitrogen and oxygen atoms in total. The third-order valence-electron chi connectivity index (χ3n) is 2.96. The second-order valence-corrected chi connectivity index (χ2v) is 4.95. The second kappa shape index (κ2) is 7.09. The van der Waals surface area contributed by atoms with E-state index in [0.717, 1.165) is 0 Å². The van der Waals surface area contributed by atoms with Crippen LogP contribution < -0.4 is 4.74 Å². The van der Waals surface area contributed by atoms with Gasteiger partial charge in [0.05, 0.1) is 12.1 Å². The van der Waals surface area contributed by atoms with Gasteiger partial charge in [-0.25, -0.2) is 4.39 Å². The molecule has 0 heterocycles. The number of nitrogens with zero attached hydrogens (tertiary/aromatic N) is 1. The summed E-state index contributed by atoms with van der Waals surface area (Å²) in [6, 6.07) is 12.9. The number of likely N-dealkylation sites (N-methyl/N-ethyl adjacent to an activating group) is 1. The highest BCUT2D eigenvalue weighted by Crippen LogP contribution is 2.15. The van der Waals surface area contributed by atoms with Crippen LogP contribution in [0.5, 0.6) is 5.75 Å². The summed E-state index contributed by atoms with van der Waals surface area (Å²) >= 11 is 5.78. The van der Waals surface area contributed by atoms with Crippen molar-refractivity contribution in [3.05, 3.63) is 64.9 Å². The van der Waals surface area contributed by atoms with Gasteiger partial charge in [0, 0.05) is 12.1 Å². The Hall–Kier alpha value is -2.07. The molecular weight excluding hydrogens is 293 g/mol. The number of rotatable bonds is 5. The molecule has 2 rings (SSSR count). The van der Waals surface area contributed by atoms with Gasteiger partial charge in [0.25, 0.3) is 5.91 Å². The normalized spacial score (nSPS) is 10.2. The van der Waals surface area contributed by atoms with Crippen molar-refractivity contribution in [2.45, 2.75) is 0 Å². The molecule has 110 valence electrons. The van der Waals surface area contributed by atoms with Crippen molar-refractivity contribution < 1.29 is 13.9 Å². The van der Waals surface area contributed by atoms with Crippen molar-refractivity contribution in [1.29, 1.82) is 0 Å². The van der Waals surface area contributed by atoms with E-state index in [1.54, 1.807) is 43.4 Å². The van der Waals surface area contributed by atoms with Gasteiger partial charge in [-0.1, -0.05) is 23.7 Å². The lowest BCUT2D eigenvalue weighted by atomic mass is 10.2. The summed E-state index contributed by atoms with van der Waals surface area (Å²) in [6.07, 6.45) is 0. The van der Waals surface area contributed by atoms with Gasteiger partial charge in [0.2, 0.25) is 0 Å². The standard InChI is InChI=1S/C16H15ClFNO2/c1-19(16(20)14-4-2-3-5-15(14)18)10-11-21-13-8-6-12(17)7-9-13/h2-9H,10-11H2,1H3. The molecular formula is C16H15ClFNO2. The zero-order valence-electron chi connectivity index (χ0n) is 11.6. The highest BCUT2D eigenvalue weighted by atomic mass is 35.5. The van der Waals surface area contributed by atoms with Crippen LogP contribution in [0.3, 0.4) is 0 Å². The van der Waals surface area contributed by atoms with E-state index >= 15 is 0 Å². The van der Waals surface area contributed by atoms with E-state index < -0.39 is 5.82 Å². The number of carbonyl (C=O) groups excluding carboxylic acids is 1. The van der Waals surface area contributed by atoms with Crippen LogP contribution in [0.25, 0.3) is 0 Å². The van der Waals surface area contributed by atoms with Crippen LogP contribution in [0.15, 0.2) is 48.5 Å². The molecule has 0 spiro atoms. The summed E-state index contributed by atoms with van der Waals surface area (Å²) < 4.78 is 19.0. The van der Waals surface area contributed by atoms with Gasteiger partial charge < -0.3 is 9.64 Å². The largest absolute Gasteiger partial charge is 0.492 e. The number of hydrogen-bond donors (Lipinski definition) is 0. The maximum Gasteiger partial charge on any atom is 0.256 e. The minimum absolute atomic E-state index is 0.0616. The summed E-state index contributed by atoms with van der Waals surface area (Å²) in [5.74, 6) is -0.216. The van der Waals surface area contributed by atoms with E-state index in [9.17, 15) is 9.18 Å². The van der Waals surface area contributed by atoms with Gasteiger partial charge in [-0.05, 0) is 36.4 Å². The number of benzene rings is 2. The van der Waals surface area contributed by atoms with Crippen molar-refractivity contribution in [3.63, 3.8) is 0 Å². The van der Waals surface area contributed by atoms with Gasteiger partial charge in [-0.3, -0.25) is 4.79 Å². The summed E-state index contributed by atoms with van der Waals surface area (Å²) in [6.45, 7) is 0.675. The first-order valence-corrected chi connectivity index (χ1v) is 6.84. The average Bonchev–Trinajstić information content (AvgIpc) is 2.49. The van der Waals surface area contributed by atoms with Crippen LogP contribution in [-0.4, -0.2) is 31.0 Å². The Kier molecular flexibility index (Phi) is 5.17. The van der Waals surface area contributed by atoms with Crippen molar-refractivity contribution in [2.24, 2.45) is 0 Å². The molecule has 0 aliphatic carbocycles. The topological polar surface area (TPSA) is 29.5 Å². The highest BCUT2D eigenvalue weighted by Gasteiger charge is 2.15. The number of ether oxygens (including phenoxy) is 1. The molecule has 0 aromatic heterocycles. The van der Waals surface area contributed by atoms with Crippen LogP contribution in [0, 0.1) is 5.82 Å². The summed E-state index contributed by atoms with van der Waals surface area (Å²) in [4.78, 5) is 13.5. The Labute approximate surface area is 127 Å². The molecule has 2 aromatic rings. The molecule has 0 saturated carbocycles. The molecule has 0 atom stereocenters. The lowest BCUT2D eigenvalue weighted by Gasteiger charge is -2.17. The fourth-order valence-corrected chi connectivity index (χ4v) is 1.90. The monoisotopic (exact) mass is 307 g/mol. The lowest BCUT2D eigenvalue weighted by molar-refractivity contribution is 0.0769. The maximum absolute atomic E-state index is 13.5. The van der Waals surface area contributed by atoms with Crippen LogP contribution in [0.4, 0.5) is 4.39 Å². The Balaban J connectivity index is 1.87. The van der Waals surface area contributed by atoms with E-state index in [2.05, 4.69) is 0 Å². The minimum Gasteiger partial charge on any atom is -0.492 e. The fourth-order valence-electron chi connectivity index (χ4n) is 1.77. The molecule has 0 unspecified atom stereocenters. The first-order chi connectivity index (χ1) is 10.1. The number of carbonyl (C=O) groups is 1. The molecule has 0 saturated heterocycles. The van der Waals surface area contributed by atoms with Crippen LogP contribution in [-0.2, 0) is 0 Å². The second-order valence-electron chi connectivity index (χ2n) is 4.51. The average molecular weight is 308 g/mol. The SMILES string of the molecule is CN(CCOc1ccc(Cl)cc1)C(=O)c1ccccc1F. The molecule has 0 bridgehead atoms. The molecule has 0 N–H and O–H groups in total. The molecule has 2 aromatic carbocycles. The molecule has 0 aliphatic heterocycles. The lowest BCUT2D eigenvalue weighted by Crippen LogP contribution is -2.31. The Morgan fingerprint density at radius 2 is 1.86 bits per heavy atom. The van der Waals surface area contributed by atoms with Crippen molar-refractivity contribution in [3.8, 4) is 5.75 Å². The fraction of sp³-hybridized carbons (Fsp3) is 0.188. The van der Waals surface area contributed by atoms with Crippen molar-refractivity contribution in [1.82, 2.24) is 4.90 Å². The van der Waals surface area contributed by atoms with Crippen LogP contribution in [0.1, 0.15) is 10.4 Å². The summed E-state index contributed by atoms with van der Waals surface area (Å²) in [5, 5.41) is 0.634. The Morgan fingerprint density at radius 1 is 1.19 bits per heavy atom. The van der Waals surface area contributed by atoms with Gasteiger partial charge in [-0.15, -0.1) is 0 Å². The highest BCUT2D eigenvalue weighted by molar-refractivity contribution is 6.30. The first kappa shape index (κ1) is 15.3. The van der Waals surface area contributed by atoms with Gasteiger partial charge in [0.1, 0.15) is 18.2 Å². The van der Waals surface area contributed by atoms with Crippen LogP contribution in [0.2, 0.25) is 5.02 Å². The molecule has 0 aliphatic rings. The summed E-state index contributed by atoms with van der Waals surface area (Å²) in [5.41, 5.74) is 0.0616. The Morgan fingerprint density at radius 3 is 2.52 bits per heavy atom. The maximum atomic E-state index is 13.5. The van der Waals surface area contributed by atoms with E-state index in [4.69, 9.17) is 16.3 Å². The van der Waals surface area contributed by atoms with Gasteiger partial charge in [-0.2, -0.15) is 0 Å². The molecule has 0 fully saturated rings. The zero-order valence-corrected chi connectivity index (χ0v) is 12.3. The molecule has 5 heteroatoms. The number of halogens is 2. The van der Waals surface area contributed by atoms with Gasteiger partial charge in [0.15, 0.2) is 0 Å². The quantitative estimate of drug-likeness (QED) is 0.844. The predicted octanol–water partition coefficient (Wildman–Crippen LogP) is 3.63. The minimum atomic E-state index is -0.520. The predicted molar refractivity (Wildman–Crippen MR) is 80.3 cm³/mol. The molecule has 1 amide bonds. The van der Waals surface area contributed by atoms with E-state index in [0.29, 0.717) is 23.9 Å². The number of hydrogen-bond acceptors (Lipinski definition) is 2. The Bertz CT molecular complexity index is 616. The zero-order chi connectivity index (χ0) is 15.2. The summed E-state index contributed by atoms with van der Waals surface area (Å²) in [7, 11) is 1.61. The molecule has 21 heavy (non-hydrogen) atoms. The number of amides is 1. The third-order valence-corrected chi connectivity index (χ3v) is 3.21. The van der Waals surface area contributed by atoms with E-state index in [-0.39, 0.29) is 11.5 Å². The first-order valence-electron chi connectivity index (χ1n) is 6.46. The van der Waals surface area contributed by atoms with E-state index in [1.807, 2.05) is 0 Å².